The molecular formula is C29H31BrClFN2O2S. The van der Waals surface area contributed by atoms with Gasteiger partial charge in [0.25, 0.3) is 5.91 Å². The van der Waals surface area contributed by atoms with Crippen molar-refractivity contribution in [2.45, 2.75) is 82.9 Å². The predicted molar refractivity (Wildman–Crippen MR) is 153 cm³/mol. The van der Waals surface area contributed by atoms with Gasteiger partial charge in [-0.1, -0.05) is 68.3 Å². The fraction of sp³-hybridized carbons (Fsp3) is 0.448. The van der Waals surface area contributed by atoms with Crippen LogP contribution in [0.5, 0.6) is 5.75 Å². The second-order valence-electron chi connectivity index (χ2n) is 9.97. The van der Waals surface area contributed by atoms with Crippen LogP contribution in [0.3, 0.4) is 0 Å². The number of nitrogens with zero attached hydrogens (tertiary/aromatic N) is 2. The van der Waals surface area contributed by atoms with Crippen molar-refractivity contribution in [2.24, 2.45) is 4.99 Å². The average molecular weight is 606 g/mol. The van der Waals surface area contributed by atoms with Gasteiger partial charge in [-0.2, -0.15) is 0 Å². The minimum absolute atomic E-state index is 0.0404. The molecule has 0 aromatic heterocycles. The topological polar surface area (TPSA) is 41.9 Å². The number of benzene rings is 2. The van der Waals surface area contributed by atoms with Crippen LogP contribution in [0.4, 0.5) is 4.39 Å². The molecule has 2 saturated carbocycles. The van der Waals surface area contributed by atoms with Crippen molar-refractivity contribution in [3.05, 3.63) is 67.7 Å². The Labute approximate surface area is 235 Å². The fourth-order valence-corrected chi connectivity index (χ4v) is 7.42. The molecule has 0 spiro atoms. The third-order valence-electron chi connectivity index (χ3n) is 7.29. The van der Waals surface area contributed by atoms with Gasteiger partial charge in [0, 0.05) is 11.6 Å². The summed E-state index contributed by atoms with van der Waals surface area (Å²) in [6, 6.07) is 10.7. The molecule has 0 radical (unpaired) electrons. The number of carbonyl (C=O) groups is 1. The van der Waals surface area contributed by atoms with Crippen LogP contribution in [0.15, 0.2) is 50.8 Å². The lowest BCUT2D eigenvalue weighted by molar-refractivity contribution is -0.124. The standard InChI is InChI=1S/C29H31BrClFN2O2S/c30-23-15-19(16-24(31)27(23)36-18-20-9-7-8-14-25(20)32)17-26-28(35)34(22-12-5-2-6-13-22)29(37-26)33-21-10-3-1-4-11-21/h7-9,14-17,21-22H,1-6,10-13,18H2. The monoisotopic (exact) mass is 604 g/mol. The Kier molecular flexibility index (Phi) is 8.93. The van der Waals surface area contributed by atoms with Crippen molar-refractivity contribution in [3.8, 4) is 5.75 Å². The van der Waals surface area contributed by atoms with E-state index in [4.69, 9.17) is 21.3 Å². The number of halogens is 3. The zero-order chi connectivity index (χ0) is 25.8. The fourth-order valence-electron chi connectivity index (χ4n) is 5.32. The van der Waals surface area contributed by atoms with Crippen molar-refractivity contribution in [2.75, 3.05) is 0 Å². The molecule has 3 fully saturated rings. The Morgan fingerprint density at radius 1 is 1.08 bits per heavy atom. The Morgan fingerprint density at radius 3 is 2.49 bits per heavy atom. The summed E-state index contributed by atoms with van der Waals surface area (Å²) in [5, 5.41) is 1.26. The van der Waals surface area contributed by atoms with Crippen LogP contribution in [0, 0.1) is 5.82 Å². The van der Waals surface area contributed by atoms with Gasteiger partial charge in [-0.05, 0) is 83.2 Å². The van der Waals surface area contributed by atoms with E-state index < -0.39 is 0 Å². The molecule has 37 heavy (non-hydrogen) atoms. The summed E-state index contributed by atoms with van der Waals surface area (Å²) in [5.74, 6) is 0.167. The smallest absolute Gasteiger partial charge is 0.266 e. The van der Waals surface area contributed by atoms with Gasteiger partial charge in [-0.15, -0.1) is 0 Å². The number of thioether (sulfide) groups is 1. The minimum atomic E-state index is -0.318. The molecule has 1 saturated heterocycles. The number of rotatable bonds is 6. The van der Waals surface area contributed by atoms with E-state index in [9.17, 15) is 9.18 Å². The molecular weight excluding hydrogens is 575 g/mol. The number of aliphatic imine (C=N–C) groups is 1. The molecule has 8 heteroatoms. The maximum absolute atomic E-state index is 14.0. The van der Waals surface area contributed by atoms with Gasteiger partial charge in [0.2, 0.25) is 0 Å². The van der Waals surface area contributed by atoms with E-state index in [1.54, 1.807) is 24.3 Å². The van der Waals surface area contributed by atoms with Gasteiger partial charge >= 0.3 is 0 Å². The molecule has 0 unspecified atom stereocenters. The molecule has 0 bridgehead atoms. The number of hydrogen-bond acceptors (Lipinski definition) is 4. The van der Waals surface area contributed by atoms with Crippen LogP contribution >= 0.6 is 39.3 Å². The average Bonchev–Trinajstić information content (AvgIpc) is 3.19. The van der Waals surface area contributed by atoms with E-state index in [0.717, 1.165) is 49.3 Å². The number of amides is 1. The first-order chi connectivity index (χ1) is 18.0. The molecule has 0 atom stereocenters. The zero-order valence-electron chi connectivity index (χ0n) is 20.7. The molecule has 1 amide bonds. The molecule has 1 aliphatic heterocycles. The van der Waals surface area contributed by atoms with Gasteiger partial charge in [0.05, 0.1) is 20.4 Å². The lowest BCUT2D eigenvalue weighted by Gasteiger charge is -2.31. The largest absolute Gasteiger partial charge is 0.486 e. The molecule has 5 rings (SSSR count). The SMILES string of the molecule is O=C1C(=Cc2cc(Cl)c(OCc3ccccc3F)c(Br)c2)SC(=NC2CCCCC2)N1C1CCCCC1. The minimum Gasteiger partial charge on any atom is -0.486 e. The highest BCUT2D eigenvalue weighted by atomic mass is 79.9. The third kappa shape index (κ3) is 6.43. The lowest BCUT2D eigenvalue weighted by atomic mass is 9.94. The van der Waals surface area contributed by atoms with Crippen molar-refractivity contribution in [3.63, 3.8) is 0 Å². The summed E-state index contributed by atoms with van der Waals surface area (Å²) in [4.78, 5) is 21.4. The summed E-state index contributed by atoms with van der Waals surface area (Å²) in [5.41, 5.74) is 1.26. The van der Waals surface area contributed by atoms with Crippen molar-refractivity contribution in [1.82, 2.24) is 4.90 Å². The number of hydrogen-bond donors (Lipinski definition) is 0. The summed E-state index contributed by atoms with van der Waals surface area (Å²) >= 11 is 11.6. The lowest BCUT2D eigenvalue weighted by Crippen LogP contribution is -2.41. The van der Waals surface area contributed by atoms with Crippen molar-refractivity contribution in [1.29, 1.82) is 0 Å². The first-order valence-electron chi connectivity index (χ1n) is 13.2. The van der Waals surface area contributed by atoms with Crippen LogP contribution in [0.1, 0.15) is 75.3 Å². The first-order valence-corrected chi connectivity index (χ1v) is 15.1. The van der Waals surface area contributed by atoms with E-state index in [0.29, 0.717) is 31.8 Å². The molecule has 1 heterocycles. The van der Waals surface area contributed by atoms with E-state index in [1.165, 1.54) is 43.5 Å². The first kappa shape index (κ1) is 26.8. The molecule has 3 aliphatic rings. The molecule has 0 N–H and O–H groups in total. The third-order valence-corrected chi connectivity index (χ3v) is 9.16. The normalized spacial score (nSPS) is 21.8. The second-order valence-corrected chi connectivity index (χ2v) is 12.2. The van der Waals surface area contributed by atoms with Gasteiger partial charge < -0.3 is 4.74 Å². The highest BCUT2D eigenvalue weighted by Gasteiger charge is 2.39. The van der Waals surface area contributed by atoms with Gasteiger partial charge in [-0.3, -0.25) is 14.7 Å². The second kappa shape index (κ2) is 12.4. The van der Waals surface area contributed by atoms with E-state index >= 15 is 0 Å². The van der Waals surface area contributed by atoms with E-state index in [1.807, 2.05) is 17.0 Å². The number of carbonyl (C=O) groups excluding carboxylic acids is 1. The summed E-state index contributed by atoms with van der Waals surface area (Å²) in [6.45, 7) is 0.0666. The van der Waals surface area contributed by atoms with E-state index in [2.05, 4.69) is 15.9 Å². The quantitative estimate of drug-likeness (QED) is 0.309. The number of amidine groups is 1. The van der Waals surface area contributed by atoms with Crippen LogP contribution in [-0.4, -0.2) is 28.1 Å². The van der Waals surface area contributed by atoms with Crippen molar-refractivity contribution < 1.29 is 13.9 Å². The van der Waals surface area contributed by atoms with Crippen LogP contribution < -0.4 is 4.74 Å². The van der Waals surface area contributed by atoms with E-state index in [-0.39, 0.29) is 24.4 Å². The van der Waals surface area contributed by atoms with Crippen LogP contribution in [0.25, 0.3) is 6.08 Å². The van der Waals surface area contributed by atoms with Gasteiger partial charge in [-0.25, -0.2) is 4.39 Å². The summed E-state index contributed by atoms with van der Waals surface area (Å²) in [6.07, 6.45) is 13.4. The molecule has 4 nitrogen and oxygen atoms in total. The van der Waals surface area contributed by atoms with Crippen LogP contribution in [-0.2, 0) is 11.4 Å². The molecule has 2 aromatic rings. The van der Waals surface area contributed by atoms with Crippen molar-refractivity contribution >= 4 is 56.4 Å². The Morgan fingerprint density at radius 2 is 1.78 bits per heavy atom. The molecule has 2 aliphatic carbocycles. The Bertz CT molecular complexity index is 1190. The molecule has 2 aromatic carbocycles. The predicted octanol–water partition coefficient (Wildman–Crippen LogP) is 8.76. The maximum Gasteiger partial charge on any atom is 0.266 e. The molecule has 196 valence electrons. The van der Waals surface area contributed by atoms with Gasteiger partial charge in [0.1, 0.15) is 12.4 Å². The zero-order valence-corrected chi connectivity index (χ0v) is 23.9. The highest BCUT2D eigenvalue weighted by Crippen LogP contribution is 2.40. The Hall–Kier alpha value is -1.83. The summed E-state index contributed by atoms with van der Waals surface area (Å²) < 4.78 is 20.5. The Balaban J connectivity index is 1.38. The maximum atomic E-state index is 14.0. The number of ether oxygens (including phenoxy) is 1. The highest BCUT2D eigenvalue weighted by molar-refractivity contribution is 9.10. The summed E-state index contributed by atoms with van der Waals surface area (Å²) in [7, 11) is 0. The van der Waals surface area contributed by atoms with Gasteiger partial charge in [0.15, 0.2) is 10.9 Å². The van der Waals surface area contributed by atoms with Crippen LogP contribution in [0.2, 0.25) is 5.02 Å².